The van der Waals surface area contributed by atoms with E-state index in [2.05, 4.69) is 11.4 Å². The van der Waals surface area contributed by atoms with E-state index in [0.29, 0.717) is 13.0 Å². The summed E-state index contributed by atoms with van der Waals surface area (Å²) in [5.74, 6) is 0.756. The van der Waals surface area contributed by atoms with Crippen LogP contribution < -0.4 is 10.1 Å². The molecule has 2 aromatic rings. The summed E-state index contributed by atoms with van der Waals surface area (Å²) in [5, 5.41) is 2.90. The second-order valence-electron chi connectivity index (χ2n) is 5.34. The van der Waals surface area contributed by atoms with Crippen LogP contribution in [-0.4, -0.2) is 12.5 Å². The summed E-state index contributed by atoms with van der Waals surface area (Å²) in [6.45, 7) is 6.44. The van der Waals surface area contributed by atoms with Gasteiger partial charge in [0.1, 0.15) is 5.75 Å². The topological polar surface area (TPSA) is 38.3 Å². The molecule has 0 aliphatic carbocycles. The second-order valence-corrected chi connectivity index (χ2v) is 5.34. The van der Waals surface area contributed by atoms with Crippen LogP contribution in [0.4, 0.5) is 5.69 Å². The van der Waals surface area contributed by atoms with E-state index >= 15 is 0 Å². The molecule has 0 aromatic heterocycles. The average molecular weight is 283 g/mol. The van der Waals surface area contributed by atoms with Crippen molar-refractivity contribution in [2.45, 2.75) is 27.2 Å². The Bertz CT molecular complexity index is 597. The number of amides is 1. The van der Waals surface area contributed by atoms with Crippen LogP contribution in [0.1, 0.15) is 23.1 Å². The van der Waals surface area contributed by atoms with E-state index in [1.807, 2.05) is 57.2 Å². The molecule has 0 aliphatic heterocycles. The first-order chi connectivity index (χ1) is 10.0. The van der Waals surface area contributed by atoms with Crippen molar-refractivity contribution >= 4 is 11.6 Å². The summed E-state index contributed by atoms with van der Waals surface area (Å²) >= 11 is 0. The maximum atomic E-state index is 11.9. The fraction of sp³-hybridized carbons (Fsp3) is 0.278. The molecule has 0 heterocycles. The van der Waals surface area contributed by atoms with Crippen LogP contribution in [0.25, 0.3) is 0 Å². The number of carbonyl (C=O) groups excluding carboxylic acids is 1. The maximum Gasteiger partial charge on any atom is 0.227 e. The molecular formula is C18H21NO2. The molecule has 1 amide bonds. The SMILES string of the molecule is Cc1ccc(OCCC(=O)Nc2cc(C)cc(C)c2)cc1. The van der Waals surface area contributed by atoms with Gasteiger partial charge in [-0.1, -0.05) is 23.8 Å². The van der Waals surface area contributed by atoms with Crippen molar-refractivity contribution in [1.29, 1.82) is 0 Å². The molecule has 3 heteroatoms. The molecule has 0 fully saturated rings. The highest BCUT2D eigenvalue weighted by atomic mass is 16.5. The highest BCUT2D eigenvalue weighted by Crippen LogP contribution is 2.14. The molecule has 0 bridgehead atoms. The maximum absolute atomic E-state index is 11.9. The van der Waals surface area contributed by atoms with Crippen LogP contribution in [0.3, 0.4) is 0 Å². The first-order valence-electron chi connectivity index (χ1n) is 7.10. The molecule has 21 heavy (non-hydrogen) atoms. The number of aryl methyl sites for hydroxylation is 3. The molecule has 0 spiro atoms. The van der Waals surface area contributed by atoms with Gasteiger partial charge in [0.15, 0.2) is 0 Å². The van der Waals surface area contributed by atoms with Gasteiger partial charge >= 0.3 is 0 Å². The van der Waals surface area contributed by atoms with Gasteiger partial charge in [-0.2, -0.15) is 0 Å². The van der Waals surface area contributed by atoms with Gasteiger partial charge in [-0.3, -0.25) is 4.79 Å². The van der Waals surface area contributed by atoms with Crippen molar-refractivity contribution in [2.75, 3.05) is 11.9 Å². The smallest absolute Gasteiger partial charge is 0.227 e. The zero-order valence-corrected chi connectivity index (χ0v) is 12.8. The second kappa shape index (κ2) is 6.93. The molecule has 1 N–H and O–H groups in total. The normalized spacial score (nSPS) is 10.2. The number of hydrogen-bond donors (Lipinski definition) is 1. The Morgan fingerprint density at radius 3 is 2.19 bits per heavy atom. The van der Waals surface area contributed by atoms with Crippen LogP contribution in [0, 0.1) is 20.8 Å². The van der Waals surface area contributed by atoms with Crippen LogP contribution in [-0.2, 0) is 4.79 Å². The lowest BCUT2D eigenvalue weighted by Crippen LogP contribution is -2.15. The Labute approximate surface area is 126 Å². The summed E-state index contributed by atoms with van der Waals surface area (Å²) in [4.78, 5) is 11.9. The third-order valence-electron chi connectivity index (χ3n) is 3.12. The highest BCUT2D eigenvalue weighted by molar-refractivity contribution is 5.90. The van der Waals surface area contributed by atoms with Crippen LogP contribution in [0.15, 0.2) is 42.5 Å². The van der Waals surface area contributed by atoms with Crippen molar-refractivity contribution in [1.82, 2.24) is 0 Å². The number of anilines is 1. The number of benzene rings is 2. The van der Waals surface area contributed by atoms with Crippen molar-refractivity contribution in [2.24, 2.45) is 0 Å². The summed E-state index contributed by atoms with van der Waals surface area (Å²) in [6.07, 6.45) is 0.334. The van der Waals surface area contributed by atoms with Crippen molar-refractivity contribution in [3.63, 3.8) is 0 Å². The minimum atomic E-state index is -0.0351. The Morgan fingerprint density at radius 1 is 0.952 bits per heavy atom. The minimum absolute atomic E-state index is 0.0351. The first kappa shape index (κ1) is 15.1. The third-order valence-corrected chi connectivity index (χ3v) is 3.12. The lowest BCUT2D eigenvalue weighted by molar-refractivity contribution is -0.116. The summed E-state index contributed by atoms with van der Waals surface area (Å²) in [5.41, 5.74) is 4.31. The van der Waals surface area contributed by atoms with Crippen LogP contribution in [0.5, 0.6) is 5.75 Å². The van der Waals surface area contributed by atoms with E-state index < -0.39 is 0 Å². The Kier molecular flexibility index (Phi) is 4.99. The zero-order valence-electron chi connectivity index (χ0n) is 12.8. The minimum Gasteiger partial charge on any atom is -0.493 e. The van der Waals surface area contributed by atoms with Crippen molar-refractivity contribution in [3.05, 3.63) is 59.2 Å². The van der Waals surface area contributed by atoms with E-state index in [1.54, 1.807) is 0 Å². The predicted octanol–water partition coefficient (Wildman–Crippen LogP) is 4.02. The number of nitrogens with one attached hydrogen (secondary N) is 1. The van der Waals surface area contributed by atoms with Gasteiger partial charge in [0.05, 0.1) is 13.0 Å². The summed E-state index contributed by atoms with van der Waals surface area (Å²) < 4.78 is 5.56. The van der Waals surface area contributed by atoms with Gasteiger partial charge in [-0.25, -0.2) is 0 Å². The Hall–Kier alpha value is -2.29. The monoisotopic (exact) mass is 283 g/mol. The molecule has 110 valence electrons. The fourth-order valence-corrected chi connectivity index (χ4v) is 2.17. The highest BCUT2D eigenvalue weighted by Gasteiger charge is 2.04. The fourth-order valence-electron chi connectivity index (χ4n) is 2.17. The number of hydrogen-bond acceptors (Lipinski definition) is 2. The molecule has 0 saturated heterocycles. The van der Waals surface area contributed by atoms with Gasteiger partial charge in [0, 0.05) is 5.69 Å². The van der Waals surface area contributed by atoms with Gasteiger partial charge < -0.3 is 10.1 Å². The summed E-state index contributed by atoms with van der Waals surface area (Å²) in [6, 6.07) is 13.8. The van der Waals surface area contributed by atoms with Gasteiger partial charge in [-0.05, 0) is 56.2 Å². The molecule has 2 rings (SSSR count). The summed E-state index contributed by atoms with van der Waals surface area (Å²) in [7, 11) is 0. The largest absolute Gasteiger partial charge is 0.493 e. The average Bonchev–Trinajstić information content (AvgIpc) is 2.39. The Morgan fingerprint density at radius 2 is 1.57 bits per heavy atom. The predicted molar refractivity (Wildman–Crippen MR) is 85.8 cm³/mol. The molecule has 3 nitrogen and oxygen atoms in total. The van der Waals surface area contributed by atoms with Gasteiger partial charge in [0.2, 0.25) is 5.91 Å². The molecule has 0 atom stereocenters. The van der Waals surface area contributed by atoms with E-state index in [4.69, 9.17) is 4.74 Å². The van der Waals surface area contributed by atoms with E-state index in [1.165, 1.54) is 5.56 Å². The quantitative estimate of drug-likeness (QED) is 0.900. The van der Waals surface area contributed by atoms with Gasteiger partial charge in [-0.15, -0.1) is 0 Å². The molecule has 2 aromatic carbocycles. The number of rotatable bonds is 5. The molecule has 0 radical (unpaired) electrons. The van der Waals surface area contributed by atoms with Crippen molar-refractivity contribution in [3.8, 4) is 5.75 Å². The third kappa shape index (κ3) is 4.95. The number of ether oxygens (including phenoxy) is 1. The van der Waals surface area contributed by atoms with Crippen LogP contribution >= 0.6 is 0 Å². The first-order valence-corrected chi connectivity index (χ1v) is 7.10. The lowest BCUT2D eigenvalue weighted by atomic mass is 10.1. The van der Waals surface area contributed by atoms with E-state index in [9.17, 15) is 4.79 Å². The molecular weight excluding hydrogens is 262 g/mol. The van der Waals surface area contributed by atoms with E-state index in [0.717, 1.165) is 22.6 Å². The Balaban J connectivity index is 1.80. The lowest BCUT2D eigenvalue weighted by Gasteiger charge is -2.09. The van der Waals surface area contributed by atoms with Crippen LogP contribution in [0.2, 0.25) is 0 Å². The van der Waals surface area contributed by atoms with E-state index in [-0.39, 0.29) is 5.91 Å². The van der Waals surface area contributed by atoms with Crippen molar-refractivity contribution < 1.29 is 9.53 Å². The molecule has 0 aliphatic rings. The number of carbonyl (C=O) groups is 1. The standard InChI is InChI=1S/C18H21NO2/c1-13-4-6-17(7-5-13)21-9-8-18(20)19-16-11-14(2)10-15(3)12-16/h4-7,10-12H,8-9H2,1-3H3,(H,19,20). The molecule has 0 saturated carbocycles. The molecule has 0 unspecified atom stereocenters. The van der Waals surface area contributed by atoms with Gasteiger partial charge in [0.25, 0.3) is 0 Å². The zero-order chi connectivity index (χ0) is 15.2.